The quantitative estimate of drug-likeness (QED) is 0.821. The van der Waals surface area contributed by atoms with Crippen molar-refractivity contribution in [2.24, 2.45) is 0 Å². The Bertz CT molecular complexity index is 596. The molecule has 0 spiro atoms. The van der Waals surface area contributed by atoms with Crippen molar-refractivity contribution in [3.8, 4) is 12.3 Å². The van der Waals surface area contributed by atoms with Crippen LogP contribution in [-0.4, -0.2) is 26.5 Å². The van der Waals surface area contributed by atoms with Crippen LogP contribution in [0.4, 0.5) is 0 Å². The maximum absolute atomic E-state index is 12.1. The standard InChI is InChI=1S/C13H14N4O/c1-3-5-10(4-2)16-13(18)11-8-15-17-7-6-14-9-12(11)17/h1,6-10H,4-5H2,2H3,(H,16,18). The number of nitrogens with zero attached hydrogens (tertiary/aromatic N) is 3. The van der Waals surface area contributed by atoms with Gasteiger partial charge in [0.1, 0.15) is 0 Å². The summed E-state index contributed by atoms with van der Waals surface area (Å²) in [4.78, 5) is 16.1. The molecule has 1 amide bonds. The minimum Gasteiger partial charge on any atom is -0.348 e. The maximum Gasteiger partial charge on any atom is 0.255 e. The Kier molecular flexibility index (Phi) is 3.58. The van der Waals surface area contributed by atoms with E-state index in [1.54, 1.807) is 23.1 Å². The minimum atomic E-state index is -0.167. The van der Waals surface area contributed by atoms with Crippen LogP contribution in [0.3, 0.4) is 0 Å². The van der Waals surface area contributed by atoms with Crippen LogP contribution in [0.15, 0.2) is 24.8 Å². The first-order valence-corrected chi connectivity index (χ1v) is 5.78. The van der Waals surface area contributed by atoms with E-state index in [-0.39, 0.29) is 11.9 Å². The molecule has 0 aromatic carbocycles. The summed E-state index contributed by atoms with van der Waals surface area (Å²) in [6.07, 6.45) is 13.1. The number of hydrogen-bond donors (Lipinski definition) is 1. The van der Waals surface area contributed by atoms with Gasteiger partial charge in [0.25, 0.3) is 5.91 Å². The highest BCUT2D eigenvalue weighted by Crippen LogP contribution is 2.09. The predicted octanol–water partition coefficient (Wildman–Crippen LogP) is 1.26. The normalized spacial score (nSPS) is 12.0. The van der Waals surface area contributed by atoms with Crippen LogP contribution in [0.1, 0.15) is 30.1 Å². The molecule has 0 saturated carbocycles. The summed E-state index contributed by atoms with van der Waals surface area (Å²) in [5.41, 5.74) is 1.20. The Balaban J connectivity index is 2.21. The van der Waals surface area contributed by atoms with Crippen LogP contribution in [-0.2, 0) is 0 Å². The molecule has 0 radical (unpaired) electrons. The highest BCUT2D eigenvalue weighted by atomic mass is 16.1. The van der Waals surface area contributed by atoms with Crippen molar-refractivity contribution in [2.75, 3.05) is 0 Å². The lowest BCUT2D eigenvalue weighted by Crippen LogP contribution is -2.34. The van der Waals surface area contributed by atoms with Crippen molar-refractivity contribution in [3.63, 3.8) is 0 Å². The summed E-state index contributed by atoms with van der Waals surface area (Å²) in [5, 5.41) is 6.99. The Morgan fingerprint density at radius 2 is 2.44 bits per heavy atom. The fourth-order valence-corrected chi connectivity index (χ4v) is 1.71. The second-order valence-electron chi connectivity index (χ2n) is 3.95. The molecule has 92 valence electrons. The molecule has 0 fully saturated rings. The Morgan fingerprint density at radius 1 is 1.61 bits per heavy atom. The van der Waals surface area contributed by atoms with Gasteiger partial charge in [-0.3, -0.25) is 9.78 Å². The molecular formula is C13H14N4O. The molecule has 0 bridgehead atoms. The molecule has 0 aliphatic rings. The fraction of sp³-hybridized carbons (Fsp3) is 0.308. The topological polar surface area (TPSA) is 59.3 Å². The Morgan fingerprint density at radius 3 is 3.17 bits per heavy atom. The molecule has 2 rings (SSSR count). The highest BCUT2D eigenvalue weighted by molar-refractivity contribution is 6.00. The van der Waals surface area contributed by atoms with Crippen LogP contribution in [0.2, 0.25) is 0 Å². The van der Waals surface area contributed by atoms with E-state index < -0.39 is 0 Å². The third kappa shape index (κ3) is 2.33. The predicted molar refractivity (Wildman–Crippen MR) is 68.0 cm³/mol. The molecule has 18 heavy (non-hydrogen) atoms. The van der Waals surface area contributed by atoms with Gasteiger partial charge < -0.3 is 5.32 Å². The second-order valence-corrected chi connectivity index (χ2v) is 3.95. The van der Waals surface area contributed by atoms with Crippen molar-refractivity contribution >= 4 is 11.4 Å². The maximum atomic E-state index is 12.1. The number of nitrogens with one attached hydrogen (secondary N) is 1. The van der Waals surface area contributed by atoms with E-state index in [4.69, 9.17) is 6.42 Å². The number of carbonyl (C=O) groups excluding carboxylic acids is 1. The number of rotatable bonds is 4. The molecule has 5 heteroatoms. The monoisotopic (exact) mass is 242 g/mol. The van der Waals surface area contributed by atoms with E-state index in [1.165, 1.54) is 6.20 Å². The lowest BCUT2D eigenvalue weighted by Gasteiger charge is -2.13. The van der Waals surface area contributed by atoms with Gasteiger partial charge in [-0.05, 0) is 6.42 Å². The van der Waals surface area contributed by atoms with Crippen LogP contribution in [0.5, 0.6) is 0 Å². The van der Waals surface area contributed by atoms with E-state index in [0.717, 1.165) is 6.42 Å². The number of aromatic nitrogens is 3. The van der Waals surface area contributed by atoms with Crippen molar-refractivity contribution in [1.29, 1.82) is 0 Å². The second kappa shape index (κ2) is 5.32. The smallest absolute Gasteiger partial charge is 0.255 e. The van der Waals surface area contributed by atoms with E-state index >= 15 is 0 Å². The molecule has 0 aliphatic carbocycles. The van der Waals surface area contributed by atoms with Crippen molar-refractivity contribution in [1.82, 2.24) is 19.9 Å². The van der Waals surface area contributed by atoms with E-state index in [2.05, 4.69) is 21.3 Å². The van der Waals surface area contributed by atoms with Crippen LogP contribution in [0.25, 0.3) is 5.52 Å². The van der Waals surface area contributed by atoms with Crippen LogP contribution in [0, 0.1) is 12.3 Å². The number of amides is 1. The van der Waals surface area contributed by atoms with Gasteiger partial charge in [0.05, 0.1) is 23.5 Å². The van der Waals surface area contributed by atoms with E-state index in [1.807, 2.05) is 6.92 Å². The molecule has 5 nitrogen and oxygen atoms in total. The van der Waals surface area contributed by atoms with Crippen molar-refractivity contribution < 1.29 is 4.79 Å². The van der Waals surface area contributed by atoms with Gasteiger partial charge in [0, 0.05) is 24.9 Å². The van der Waals surface area contributed by atoms with Gasteiger partial charge in [-0.15, -0.1) is 12.3 Å². The summed E-state index contributed by atoms with van der Waals surface area (Å²) in [6.45, 7) is 1.99. The van der Waals surface area contributed by atoms with E-state index in [9.17, 15) is 4.79 Å². The summed E-state index contributed by atoms with van der Waals surface area (Å²) in [7, 11) is 0. The zero-order chi connectivity index (χ0) is 13.0. The Hall–Kier alpha value is -2.35. The van der Waals surface area contributed by atoms with Gasteiger partial charge in [-0.25, -0.2) is 4.52 Å². The molecule has 2 aromatic rings. The highest BCUT2D eigenvalue weighted by Gasteiger charge is 2.15. The first-order valence-electron chi connectivity index (χ1n) is 5.78. The number of terminal acetylenes is 1. The number of carbonyl (C=O) groups is 1. The molecule has 2 aromatic heterocycles. The van der Waals surface area contributed by atoms with Gasteiger partial charge in [0.2, 0.25) is 0 Å². The van der Waals surface area contributed by atoms with Crippen LogP contribution >= 0.6 is 0 Å². The first kappa shape index (κ1) is 12.1. The Labute approximate surface area is 105 Å². The van der Waals surface area contributed by atoms with Crippen LogP contribution < -0.4 is 5.32 Å². The fourth-order valence-electron chi connectivity index (χ4n) is 1.71. The zero-order valence-corrected chi connectivity index (χ0v) is 10.1. The first-order chi connectivity index (χ1) is 8.76. The summed E-state index contributed by atoms with van der Waals surface area (Å²) in [6, 6.07) is -0.00544. The average molecular weight is 242 g/mol. The SMILES string of the molecule is C#CCC(CC)NC(=O)c1cnn2ccncc12. The molecule has 1 N–H and O–H groups in total. The molecular weight excluding hydrogens is 228 g/mol. The van der Waals surface area contributed by atoms with Gasteiger partial charge >= 0.3 is 0 Å². The molecule has 0 saturated heterocycles. The van der Waals surface area contributed by atoms with Gasteiger partial charge in [-0.1, -0.05) is 6.92 Å². The third-order valence-electron chi connectivity index (χ3n) is 2.76. The summed E-state index contributed by atoms with van der Waals surface area (Å²) >= 11 is 0. The van der Waals surface area contributed by atoms with Crippen molar-refractivity contribution in [3.05, 3.63) is 30.4 Å². The lowest BCUT2D eigenvalue weighted by molar-refractivity contribution is 0.0938. The number of fused-ring (bicyclic) bond motifs is 1. The van der Waals surface area contributed by atoms with Gasteiger partial charge in [-0.2, -0.15) is 5.10 Å². The number of hydrogen-bond acceptors (Lipinski definition) is 3. The van der Waals surface area contributed by atoms with Gasteiger partial charge in [0.15, 0.2) is 0 Å². The molecule has 1 unspecified atom stereocenters. The summed E-state index contributed by atoms with van der Waals surface area (Å²) in [5.74, 6) is 2.39. The third-order valence-corrected chi connectivity index (χ3v) is 2.76. The molecule has 1 atom stereocenters. The average Bonchev–Trinajstić information content (AvgIpc) is 2.82. The molecule has 0 aliphatic heterocycles. The molecule has 2 heterocycles. The van der Waals surface area contributed by atoms with Crippen molar-refractivity contribution in [2.45, 2.75) is 25.8 Å². The largest absolute Gasteiger partial charge is 0.348 e. The summed E-state index contributed by atoms with van der Waals surface area (Å²) < 4.78 is 1.62. The minimum absolute atomic E-state index is 0.00544. The van der Waals surface area contributed by atoms with E-state index in [0.29, 0.717) is 17.5 Å². The lowest BCUT2D eigenvalue weighted by atomic mass is 10.1. The zero-order valence-electron chi connectivity index (χ0n) is 10.1.